The average molecular weight is 394 g/mol. The molecule has 0 N–H and O–H groups in total. The molecule has 0 aromatic heterocycles. The second kappa shape index (κ2) is 10.1. The largest absolute Gasteiger partial charge is 0.206 e. The molecule has 0 aliphatic rings. The Hall–Kier alpha value is -2.31. The van der Waals surface area contributed by atoms with Crippen molar-refractivity contribution in [1.29, 1.82) is 0 Å². The Balaban J connectivity index is 0.000000460. The van der Waals surface area contributed by atoms with Crippen molar-refractivity contribution < 1.29 is 30.7 Å². The predicted octanol–water partition coefficient (Wildman–Crippen LogP) is 7.25. The highest BCUT2D eigenvalue weighted by Gasteiger charge is 2.20. The van der Waals surface area contributed by atoms with Crippen molar-refractivity contribution in [3.05, 3.63) is 75.1 Å². The van der Waals surface area contributed by atoms with Gasteiger partial charge >= 0.3 is 0 Å². The Labute approximate surface area is 154 Å². The summed E-state index contributed by atoms with van der Waals surface area (Å²) in [5, 5.41) is 0. The molecule has 2 rings (SSSR count). The third-order valence-electron chi connectivity index (χ3n) is 3.73. The summed E-state index contributed by atoms with van der Waals surface area (Å²) in [5.74, 6) is -8.47. The number of benzene rings is 2. The van der Waals surface area contributed by atoms with Crippen molar-refractivity contribution in [2.24, 2.45) is 0 Å². The summed E-state index contributed by atoms with van der Waals surface area (Å²) in [6.07, 6.45) is 1.11. The van der Waals surface area contributed by atoms with Gasteiger partial charge in [0, 0.05) is 22.3 Å². The predicted molar refractivity (Wildman–Crippen MR) is 93.0 cm³/mol. The Morgan fingerprint density at radius 3 is 1.11 bits per heavy atom. The van der Waals surface area contributed by atoms with E-state index < -0.39 is 51.8 Å². The van der Waals surface area contributed by atoms with E-state index >= 15 is 0 Å². The zero-order valence-corrected chi connectivity index (χ0v) is 15.9. The second-order valence-corrected chi connectivity index (χ2v) is 5.32. The van der Waals surface area contributed by atoms with Crippen LogP contribution in [0.2, 0.25) is 0 Å². The molecule has 0 saturated heterocycles. The van der Waals surface area contributed by atoms with Gasteiger partial charge < -0.3 is 0 Å². The molecule has 2 aromatic carbocycles. The lowest BCUT2D eigenvalue weighted by atomic mass is 10.0. The molecular weight excluding hydrogens is 373 g/mol. The van der Waals surface area contributed by atoms with E-state index in [-0.39, 0.29) is 16.7 Å². The van der Waals surface area contributed by atoms with Gasteiger partial charge in [0.2, 0.25) is 0 Å². The lowest BCUT2D eigenvalue weighted by molar-refractivity contribution is 0.423. The fourth-order valence-corrected chi connectivity index (χ4v) is 2.09. The van der Waals surface area contributed by atoms with Crippen LogP contribution in [-0.4, -0.2) is 0 Å². The molecule has 150 valence electrons. The Morgan fingerprint density at radius 1 is 0.481 bits per heavy atom. The van der Waals surface area contributed by atoms with E-state index in [2.05, 4.69) is 6.58 Å². The van der Waals surface area contributed by atoms with Gasteiger partial charge in [0.15, 0.2) is 29.1 Å². The van der Waals surface area contributed by atoms with E-state index in [1.807, 2.05) is 13.8 Å². The van der Waals surface area contributed by atoms with Gasteiger partial charge in [-0.1, -0.05) is 26.5 Å². The monoisotopic (exact) mass is 394 g/mol. The second-order valence-electron chi connectivity index (χ2n) is 5.32. The van der Waals surface area contributed by atoms with Gasteiger partial charge in [-0.25, -0.2) is 30.7 Å². The normalized spacial score (nSPS) is 9.81. The summed E-state index contributed by atoms with van der Waals surface area (Å²) in [7, 11) is 0. The van der Waals surface area contributed by atoms with Crippen molar-refractivity contribution in [3.63, 3.8) is 0 Å². The molecule has 0 bridgehead atoms. The Morgan fingerprint density at radius 2 is 0.778 bits per heavy atom. The van der Waals surface area contributed by atoms with Crippen LogP contribution >= 0.6 is 0 Å². The lowest BCUT2D eigenvalue weighted by Crippen LogP contribution is -2.02. The third kappa shape index (κ3) is 4.90. The highest BCUT2D eigenvalue weighted by Crippen LogP contribution is 2.24. The number of halogens is 7. The molecule has 0 heterocycles. The van der Waals surface area contributed by atoms with Crippen LogP contribution in [0.15, 0.2) is 6.58 Å². The van der Waals surface area contributed by atoms with E-state index in [0.29, 0.717) is 0 Å². The molecule has 2 aromatic rings. The van der Waals surface area contributed by atoms with Crippen LogP contribution in [0, 0.1) is 68.4 Å². The minimum absolute atomic E-state index is 0.0893. The standard InChI is InChI=1S/C10H9F3.C8H6F4.C2H6/c1-4-7-5(2)8(11)6(3)9(12)10(7)13;1-3-5(9)4(2)7(11)8(12)6(3)10;1-2/h4H,1H2,2-3H3;1-2H3;1-2H3. The number of rotatable bonds is 1. The molecule has 27 heavy (non-hydrogen) atoms. The molecule has 0 aliphatic carbocycles. The molecule has 0 unspecified atom stereocenters. The first-order valence-electron chi connectivity index (χ1n) is 8.02. The van der Waals surface area contributed by atoms with Crippen molar-refractivity contribution in [3.8, 4) is 0 Å². The van der Waals surface area contributed by atoms with Gasteiger partial charge in [-0.05, 0) is 33.3 Å². The third-order valence-corrected chi connectivity index (χ3v) is 3.73. The molecule has 0 spiro atoms. The zero-order chi connectivity index (χ0) is 21.6. The van der Waals surface area contributed by atoms with Gasteiger partial charge in [-0.2, -0.15) is 0 Å². The smallest absolute Gasteiger partial charge is 0.195 e. The van der Waals surface area contributed by atoms with Crippen molar-refractivity contribution in [2.75, 3.05) is 0 Å². The molecular formula is C20H21F7. The minimum atomic E-state index is -1.62. The molecule has 0 radical (unpaired) electrons. The SMILES string of the molecule is C=Cc1c(C)c(F)c(C)c(F)c1F.CC.Cc1c(F)c(C)c(F)c(F)c1F. The van der Waals surface area contributed by atoms with Crippen LogP contribution in [0.5, 0.6) is 0 Å². The molecule has 0 nitrogen and oxygen atoms in total. The van der Waals surface area contributed by atoms with Crippen LogP contribution < -0.4 is 0 Å². The van der Waals surface area contributed by atoms with E-state index in [9.17, 15) is 30.7 Å². The fourth-order valence-electron chi connectivity index (χ4n) is 2.09. The first-order chi connectivity index (χ1) is 12.5. The zero-order valence-electron chi connectivity index (χ0n) is 15.9. The van der Waals surface area contributed by atoms with Crippen LogP contribution in [0.3, 0.4) is 0 Å². The Bertz CT molecular complexity index is 705. The van der Waals surface area contributed by atoms with Crippen molar-refractivity contribution in [1.82, 2.24) is 0 Å². The van der Waals surface area contributed by atoms with Gasteiger partial charge in [-0.15, -0.1) is 0 Å². The highest BCUT2D eigenvalue weighted by atomic mass is 19.2. The quantitative estimate of drug-likeness (QED) is 0.271. The fraction of sp³-hybridized carbons (Fsp3) is 0.300. The summed E-state index contributed by atoms with van der Waals surface area (Å²) in [4.78, 5) is 0. The molecule has 0 saturated carbocycles. The molecule has 0 aliphatic heterocycles. The summed E-state index contributed by atoms with van der Waals surface area (Å²) in [5.41, 5.74) is -1.30. The summed E-state index contributed by atoms with van der Waals surface area (Å²) < 4.78 is 89.7. The van der Waals surface area contributed by atoms with E-state index in [1.54, 1.807) is 0 Å². The summed E-state index contributed by atoms with van der Waals surface area (Å²) in [6, 6.07) is 0. The number of hydrogen-bond donors (Lipinski definition) is 0. The topological polar surface area (TPSA) is 0 Å². The van der Waals surface area contributed by atoms with Gasteiger partial charge in [0.05, 0.1) is 0 Å². The van der Waals surface area contributed by atoms with Crippen molar-refractivity contribution >= 4 is 6.08 Å². The minimum Gasteiger partial charge on any atom is -0.206 e. The average Bonchev–Trinajstić information content (AvgIpc) is 2.68. The molecule has 0 amide bonds. The van der Waals surface area contributed by atoms with Crippen LogP contribution in [-0.2, 0) is 0 Å². The molecule has 0 fully saturated rings. The number of hydrogen-bond acceptors (Lipinski definition) is 0. The van der Waals surface area contributed by atoms with E-state index in [4.69, 9.17) is 0 Å². The van der Waals surface area contributed by atoms with Crippen molar-refractivity contribution in [2.45, 2.75) is 41.5 Å². The highest BCUT2D eigenvalue weighted by molar-refractivity contribution is 5.54. The first-order valence-corrected chi connectivity index (χ1v) is 8.02. The van der Waals surface area contributed by atoms with Crippen LogP contribution in [0.25, 0.3) is 6.08 Å². The van der Waals surface area contributed by atoms with Gasteiger partial charge in [-0.3, -0.25) is 0 Å². The first kappa shape index (κ1) is 24.7. The van der Waals surface area contributed by atoms with E-state index in [1.165, 1.54) is 13.8 Å². The van der Waals surface area contributed by atoms with E-state index in [0.717, 1.165) is 19.9 Å². The maximum absolute atomic E-state index is 13.2. The maximum Gasteiger partial charge on any atom is 0.195 e. The Kier molecular flexibility index (Phi) is 9.27. The summed E-state index contributed by atoms with van der Waals surface area (Å²) >= 11 is 0. The lowest BCUT2D eigenvalue weighted by Gasteiger charge is -2.08. The van der Waals surface area contributed by atoms with Crippen LogP contribution in [0.1, 0.15) is 41.7 Å². The maximum atomic E-state index is 13.2. The summed E-state index contributed by atoms with van der Waals surface area (Å²) in [6.45, 7) is 12.0. The van der Waals surface area contributed by atoms with Gasteiger partial charge in [0.25, 0.3) is 0 Å². The van der Waals surface area contributed by atoms with Crippen LogP contribution in [0.4, 0.5) is 30.7 Å². The molecule has 7 heteroatoms. The molecule has 0 atom stereocenters. The van der Waals surface area contributed by atoms with Gasteiger partial charge in [0.1, 0.15) is 11.6 Å².